The summed E-state index contributed by atoms with van der Waals surface area (Å²) < 4.78 is 0. The van der Waals surface area contributed by atoms with Gasteiger partial charge < -0.3 is 0 Å². The minimum Gasteiger partial charge on any atom is -0.0843 e. The van der Waals surface area contributed by atoms with Crippen LogP contribution < -0.4 is 36.7 Å². The van der Waals surface area contributed by atoms with Crippen molar-refractivity contribution in [3.05, 3.63) is 138 Å². The van der Waals surface area contributed by atoms with Gasteiger partial charge in [-0.25, -0.2) is 0 Å². The Morgan fingerprint density at radius 3 is 1.36 bits per heavy atom. The standard InChI is InChI=1S/C30H22ClPSi/c31-23-19-21-24(22-20-23)32-27-15-7-9-17-29(27)33(25-11-3-1-4-12-25,26-13-5-2-6-14-26)30-18-10-8-16-28(30)32/h1-22H/p+1. The van der Waals surface area contributed by atoms with Crippen molar-refractivity contribution in [1.82, 2.24) is 0 Å². The molecule has 5 aromatic rings. The number of hydrogen-bond acceptors (Lipinski definition) is 0. The van der Waals surface area contributed by atoms with E-state index in [-0.39, 0.29) is 0 Å². The van der Waals surface area contributed by atoms with Gasteiger partial charge in [-0.1, -0.05) is 109 Å². The van der Waals surface area contributed by atoms with Gasteiger partial charge >= 0.3 is 0 Å². The predicted octanol–water partition coefficient (Wildman–Crippen LogP) is 3.52. The van der Waals surface area contributed by atoms with Gasteiger partial charge in [-0.2, -0.15) is 0 Å². The summed E-state index contributed by atoms with van der Waals surface area (Å²) >= 11 is 6.27. The molecule has 0 nitrogen and oxygen atoms in total. The van der Waals surface area contributed by atoms with E-state index in [9.17, 15) is 0 Å². The van der Waals surface area contributed by atoms with E-state index < -0.39 is 16.0 Å². The highest BCUT2D eigenvalue weighted by atomic mass is 35.5. The fourth-order valence-corrected chi connectivity index (χ4v) is 15.0. The van der Waals surface area contributed by atoms with Gasteiger partial charge in [0, 0.05) is 5.02 Å². The van der Waals surface area contributed by atoms with E-state index in [1.165, 1.54) is 36.7 Å². The van der Waals surface area contributed by atoms with Crippen LogP contribution in [-0.2, 0) is 0 Å². The van der Waals surface area contributed by atoms with Crippen LogP contribution in [0.3, 0.4) is 0 Å². The second-order valence-electron chi connectivity index (χ2n) is 8.46. The lowest BCUT2D eigenvalue weighted by Gasteiger charge is -2.39. The fraction of sp³-hybridized carbons (Fsp3) is 0. The number of benzene rings is 5. The first-order chi connectivity index (χ1) is 16.3. The van der Waals surface area contributed by atoms with Gasteiger partial charge in [0.25, 0.3) is 0 Å². The zero-order chi connectivity index (χ0) is 22.3. The third-order valence-corrected chi connectivity index (χ3v) is 15.2. The van der Waals surface area contributed by atoms with Crippen molar-refractivity contribution in [2.75, 3.05) is 0 Å². The quantitative estimate of drug-likeness (QED) is 0.270. The average Bonchev–Trinajstić information content (AvgIpc) is 2.89. The van der Waals surface area contributed by atoms with Crippen molar-refractivity contribution in [2.24, 2.45) is 0 Å². The molecule has 33 heavy (non-hydrogen) atoms. The molecular formula is C30H23ClPSi+. The summed E-state index contributed by atoms with van der Waals surface area (Å²) in [6.45, 7) is 0. The third kappa shape index (κ3) is 3.23. The van der Waals surface area contributed by atoms with Crippen molar-refractivity contribution in [2.45, 2.75) is 0 Å². The predicted molar refractivity (Wildman–Crippen MR) is 149 cm³/mol. The fourth-order valence-electron chi connectivity index (χ4n) is 5.44. The Morgan fingerprint density at radius 2 is 0.879 bits per heavy atom. The van der Waals surface area contributed by atoms with E-state index in [4.69, 9.17) is 11.6 Å². The molecule has 6 rings (SSSR count). The molecule has 1 heterocycles. The first-order valence-corrected chi connectivity index (χ1v) is 15.1. The van der Waals surface area contributed by atoms with Crippen LogP contribution in [0, 0.1) is 0 Å². The van der Waals surface area contributed by atoms with Crippen LogP contribution in [0.25, 0.3) is 0 Å². The maximum atomic E-state index is 6.27. The largest absolute Gasteiger partial charge is 0.188 e. The van der Waals surface area contributed by atoms with Gasteiger partial charge in [0.05, 0.1) is 7.92 Å². The Labute approximate surface area is 202 Å². The summed E-state index contributed by atoms with van der Waals surface area (Å²) in [6, 6.07) is 49.3. The smallest absolute Gasteiger partial charge is 0.0843 e. The molecule has 0 saturated heterocycles. The van der Waals surface area contributed by atoms with Gasteiger partial charge in [0.2, 0.25) is 0 Å². The highest BCUT2D eigenvalue weighted by Gasteiger charge is 2.52. The molecule has 0 spiro atoms. The molecule has 0 saturated carbocycles. The maximum Gasteiger partial charge on any atom is 0.188 e. The lowest BCUT2D eigenvalue weighted by atomic mass is 10.3. The zero-order valence-electron chi connectivity index (χ0n) is 18.1. The Hall–Kier alpha value is -2.96. The molecule has 0 bridgehead atoms. The summed E-state index contributed by atoms with van der Waals surface area (Å²) in [7, 11) is -3.63. The van der Waals surface area contributed by atoms with Crippen LogP contribution in [-0.4, -0.2) is 8.07 Å². The van der Waals surface area contributed by atoms with Crippen LogP contribution in [0.15, 0.2) is 133 Å². The molecule has 0 aliphatic carbocycles. The number of fused-ring (bicyclic) bond motifs is 2. The number of halogens is 1. The molecule has 0 N–H and O–H groups in total. The van der Waals surface area contributed by atoms with E-state index in [0.29, 0.717) is 0 Å². The molecule has 0 unspecified atom stereocenters. The zero-order valence-corrected chi connectivity index (χ0v) is 20.8. The summed E-state index contributed by atoms with van der Waals surface area (Å²) in [5.41, 5.74) is 0. The maximum absolute atomic E-state index is 6.27. The lowest BCUT2D eigenvalue weighted by molar-refractivity contribution is 1.68. The van der Waals surface area contributed by atoms with Crippen molar-refractivity contribution in [1.29, 1.82) is 0 Å². The molecule has 3 heteroatoms. The van der Waals surface area contributed by atoms with Gasteiger partial charge in [-0.05, 0) is 57.1 Å². The van der Waals surface area contributed by atoms with Crippen molar-refractivity contribution in [3.63, 3.8) is 0 Å². The lowest BCUT2D eigenvalue weighted by Crippen LogP contribution is -2.81. The first-order valence-electron chi connectivity index (χ1n) is 11.2. The monoisotopic (exact) mass is 477 g/mol. The molecule has 0 radical (unpaired) electrons. The van der Waals surface area contributed by atoms with E-state index in [1.807, 2.05) is 12.1 Å². The highest BCUT2D eigenvalue weighted by Crippen LogP contribution is 2.35. The minimum absolute atomic E-state index is 0.788. The molecule has 158 valence electrons. The first kappa shape index (κ1) is 20.6. The number of hydrogen-bond donors (Lipinski definition) is 0. The van der Waals surface area contributed by atoms with Crippen molar-refractivity contribution >= 4 is 64.3 Å². The van der Waals surface area contributed by atoms with Crippen LogP contribution in [0.1, 0.15) is 0 Å². The average molecular weight is 478 g/mol. The van der Waals surface area contributed by atoms with Crippen LogP contribution in [0.4, 0.5) is 0 Å². The molecular weight excluding hydrogens is 455 g/mol. The Balaban J connectivity index is 1.76. The second-order valence-corrected chi connectivity index (χ2v) is 15.0. The Bertz CT molecular complexity index is 1330. The van der Waals surface area contributed by atoms with E-state index in [0.717, 1.165) is 5.02 Å². The van der Waals surface area contributed by atoms with Crippen molar-refractivity contribution < 1.29 is 0 Å². The highest BCUT2D eigenvalue weighted by molar-refractivity contribution is 7.81. The summed E-state index contributed by atoms with van der Waals surface area (Å²) in [5, 5.41) is 11.1. The van der Waals surface area contributed by atoms with Gasteiger partial charge in [0.1, 0.15) is 15.9 Å². The van der Waals surface area contributed by atoms with E-state index in [1.54, 1.807) is 0 Å². The molecule has 0 aromatic heterocycles. The van der Waals surface area contributed by atoms with Gasteiger partial charge in [-0.15, -0.1) is 0 Å². The molecule has 5 aromatic carbocycles. The summed E-state index contributed by atoms with van der Waals surface area (Å²) in [4.78, 5) is 0. The van der Waals surface area contributed by atoms with E-state index in [2.05, 4.69) is 121 Å². The van der Waals surface area contributed by atoms with Crippen LogP contribution in [0.2, 0.25) is 5.02 Å². The molecule has 1 aliphatic heterocycles. The topological polar surface area (TPSA) is 0 Å². The molecule has 0 amide bonds. The van der Waals surface area contributed by atoms with Gasteiger partial charge in [0.15, 0.2) is 8.07 Å². The normalized spacial score (nSPS) is 14.3. The van der Waals surface area contributed by atoms with Crippen molar-refractivity contribution in [3.8, 4) is 0 Å². The summed E-state index contributed by atoms with van der Waals surface area (Å²) in [6.07, 6.45) is 0. The van der Waals surface area contributed by atoms with Crippen LogP contribution >= 0.6 is 19.5 Å². The summed E-state index contributed by atoms with van der Waals surface area (Å²) in [5.74, 6) is 0. The minimum atomic E-state index is -2.46. The molecule has 1 aliphatic rings. The van der Waals surface area contributed by atoms with E-state index >= 15 is 0 Å². The van der Waals surface area contributed by atoms with Crippen LogP contribution in [0.5, 0.6) is 0 Å². The second kappa shape index (κ2) is 8.43. The number of rotatable bonds is 3. The van der Waals surface area contributed by atoms with Gasteiger partial charge in [-0.3, -0.25) is 0 Å². The third-order valence-electron chi connectivity index (χ3n) is 6.75. The molecule has 0 atom stereocenters. The Morgan fingerprint density at radius 1 is 0.455 bits per heavy atom. The SMILES string of the molecule is Clc1ccc([PH+]2c3ccccc3[Si](c3ccccc3)(c3ccccc3)c3ccccc32)cc1. The molecule has 0 fully saturated rings. The Kier molecular flexibility index (Phi) is 5.27.